The summed E-state index contributed by atoms with van der Waals surface area (Å²) in [5.41, 5.74) is 5.30. The van der Waals surface area contributed by atoms with Crippen molar-refractivity contribution in [2.75, 3.05) is 16.8 Å². The van der Waals surface area contributed by atoms with Gasteiger partial charge < -0.3 is 10.2 Å². The fourth-order valence-electron chi connectivity index (χ4n) is 3.32. The van der Waals surface area contributed by atoms with Gasteiger partial charge in [0.05, 0.1) is 5.69 Å². The van der Waals surface area contributed by atoms with E-state index in [0.717, 1.165) is 47.5 Å². The Morgan fingerprint density at radius 2 is 2.12 bits per heavy atom. The van der Waals surface area contributed by atoms with Crippen molar-refractivity contribution in [3.8, 4) is 6.07 Å². The van der Waals surface area contributed by atoms with E-state index >= 15 is 0 Å². The minimum absolute atomic E-state index is 0.0554. The molecule has 1 aromatic heterocycles. The first kappa shape index (κ1) is 16.9. The standard InChI is InChI=1S/C19H21N5O/c1-4-15-16(11-20)19(23-22-17(15)5-2)21-14-6-7-18-13(10-14)8-9-24(18)12(3)25/h6-7,10H,4-5,8-9H2,1-3H3,(H,21,23). The van der Waals surface area contributed by atoms with E-state index in [-0.39, 0.29) is 5.91 Å². The van der Waals surface area contributed by atoms with E-state index in [4.69, 9.17) is 0 Å². The number of aryl methyl sites for hydroxylation is 1. The summed E-state index contributed by atoms with van der Waals surface area (Å²) in [5, 5.41) is 21.3. The van der Waals surface area contributed by atoms with Crippen molar-refractivity contribution in [1.82, 2.24) is 10.2 Å². The van der Waals surface area contributed by atoms with Crippen molar-refractivity contribution in [2.45, 2.75) is 40.0 Å². The maximum atomic E-state index is 11.7. The van der Waals surface area contributed by atoms with Crippen LogP contribution in [0.1, 0.15) is 43.2 Å². The van der Waals surface area contributed by atoms with Gasteiger partial charge in [0.1, 0.15) is 11.6 Å². The molecule has 0 radical (unpaired) electrons. The van der Waals surface area contributed by atoms with Crippen LogP contribution in [0.25, 0.3) is 0 Å². The van der Waals surface area contributed by atoms with Gasteiger partial charge in [-0.3, -0.25) is 4.79 Å². The Hall–Kier alpha value is -2.94. The number of nitriles is 1. The monoisotopic (exact) mass is 335 g/mol. The third-order valence-electron chi connectivity index (χ3n) is 4.58. The largest absolute Gasteiger partial charge is 0.338 e. The van der Waals surface area contributed by atoms with Gasteiger partial charge >= 0.3 is 0 Å². The maximum absolute atomic E-state index is 11.7. The average molecular weight is 335 g/mol. The lowest BCUT2D eigenvalue weighted by molar-refractivity contribution is -0.116. The molecule has 0 bridgehead atoms. The molecule has 0 saturated heterocycles. The zero-order valence-electron chi connectivity index (χ0n) is 14.8. The first-order valence-corrected chi connectivity index (χ1v) is 8.55. The molecule has 0 unspecified atom stereocenters. The van der Waals surface area contributed by atoms with Gasteiger partial charge in [-0.25, -0.2) is 0 Å². The summed E-state index contributed by atoms with van der Waals surface area (Å²) in [6, 6.07) is 8.12. The SMILES string of the molecule is CCc1nnc(Nc2ccc3c(c2)CCN3C(C)=O)c(C#N)c1CC. The first-order valence-electron chi connectivity index (χ1n) is 8.55. The summed E-state index contributed by atoms with van der Waals surface area (Å²) in [4.78, 5) is 13.4. The second-order valence-corrected chi connectivity index (χ2v) is 6.06. The Balaban J connectivity index is 1.94. The Kier molecular flexibility index (Phi) is 4.66. The highest BCUT2D eigenvalue weighted by Gasteiger charge is 2.22. The highest BCUT2D eigenvalue weighted by molar-refractivity contribution is 5.94. The van der Waals surface area contributed by atoms with Gasteiger partial charge in [-0.1, -0.05) is 13.8 Å². The van der Waals surface area contributed by atoms with Crippen LogP contribution in [0.15, 0.2) is 18.2 Å². The number of hydrogen-bond acceptors (Lipinski definition) is 5. The van der Waals surface area contributed by atoms with E-state index in [0.29, 0.717) is 17.9 Å². The Morgan fingerprint density at radius 3 is 2.76 bits per heavy atom. The van der Waals surface area contributed by atoms with Crippen molar-refractivity contribution >= 4 is 23.1 Å². The number of nitrogens with zero attached hydrogens (tertiary/aromatic N) is 4. The lowest BCUT2D eigenvalue weighted by atomic mass is 10.0. The minimum atomic E-state index is 0.0554. The number of nitrogens with one attached hydrogen (secondary N) is 1. The molecule has 2 aromatic rings. The van der Waals surface area contributed by atoms with Crippen molar-refractivity contribution in [2.24, 2.45) is 0 Å². The number of carbonyl (C=O) groups is 1. The molecule has 0 spiro atoms. The average Bonchev–Trinajstić information content (AvgIpc) is 3.04. The Labute approximate surface area is 147 Å². The number of carbonyl (C=O) groups excluding carboxylic acids is 1. The van der Waals surface area contributed by atoms with Gasteiger partial charge in [-0.2, -0.15) is 10.4 Å². The highest BCUT2D eigenvalue weighted by Crippen LogP contribution is 2.32. The normalized spacial score (nSPS) is 12.6. The lowest BCUT2D eigenvalue weighted by Gasteiger charge is -2.16. The molecule has 1 aromatic carbocycles. The summed E-state index contributed by atoms with van der Waals surface area (Å²) < 4.78 is 0. The molecule has 0 aliphatic carbocycles. The number of benzene rings is 1. The fourth-order valence-corrected chi connectivity index (χ4v) is 3.32. The van der Waals surface area contributed by atoms with Gasteiger partial charge in [-0.05, 0) is 48.6 Å². The van der Waals surface area contributed by atoms with Crippen molar-refractivity contribution in [3.05, 3.63) is 40.6 Å². The molecule has 0 atom stereocenters. The van der Waals surface area contributed by atoms with E-state index in [2.05, 4.69) is 21.6 Å². The molecule has 0 saturated carbocycles. The zero-order chi connectivity index (χ0) is 18.0. The van der Waals surface area contributed by atoms with Crippen LogP contribution in [-0.4, -0.2) is 22.6 Å². The topological polar surface area (TPSA) is 81.9 Å². The van der Waals surface area contributed by atoms with E-state index in [9.17, 15) is 10.1 Å². The predicted octanol–water partition coefficient (Wildman–Crippen LogP) is 3.13. The number of rotatable bonds is 4. The second-order valence-electron chi connectivity index (χ2n) is 6.06. The van der Waals surface area contributed by atoms with E-state index in [1.165, 1.54) is 0 Å². The number of amides is 1. The van der Waals surface area contributed by atoms with Crippen LogP contribution in [0.4, 0.5) is 17.2 Å². The molecule has 1 aliphatic heterocycles. The number of anilines is 3. The van der Waals surface area contributed by atoms with Gasteiger partial charge in [-0.15, -0.1) is 5.10 Å². The van der Waals surface area contributed by atoms with Crippen LogP contribution in [0, 0.1) is 11.3 Å². The summed E-state index contributed by atoms with van der Waals surface area (Å²) in [6.45, 7) is 6.32. The first-order chi connectivity index (χ1) is 12.1. The van der Waals surface area contributed by atoms with E-state index in [1.807, 2.05) is 32.0 Å². The molecule has 2 heterocycles. The smallest absolute Gasteiger partial charge is 0.223 e. The van der Waals surface area contributed by atoms with Crippen LogP contribution in [0.3, 0.4) is 0 Å². The van der Waals surface area contributed by atoms with Gasteiger partial charge in [0.2, 0.25) is 5.91 Å². The van der Waals surface area contributed by atoms with Crippen molar-refractivity contribution in [1.29, 1.82) is 5.26 Å². The molecular weight excluding hydrogens is 314 g/mol. The minimum Gasteiger partial charge on any atom is -0.338 e. The quantitative estimate of drug-likeness (QED) is 0.928. The van der Waals surface area contributed by atoms with E-state index < -0.39 is 0 Å². The van der Waals surface area contributed by atoms with E-state index in [1.54, 1.807) is 11.8 Å². The summed E-state index contributed by atoms with van der Waals surface area (Å²) >= 11 is 0. The van der Waals surface area contributed by atoms with Gasteiger partial charge in [0.25, 0.3) is 0 Å². The van der Waals surface area contributed by atoms with Crippen molar-refractivity contribution < 1.29 is 4.79 Å². The number of hydrogen-bond donors (Lipinski definition) is 1. The molecule has 6 heteroatoms. The molecule has 25 heavy (non-hydrogen) atoms. The highest BCUT2D eigenvalue weighted by atomic mass is 16.2. The molecule has 1 amide bonds. The Morgan fingerprint density at radius 1 is 1.32 bits per heavy atom. The molecule has 0 fully saturated rings. The van der Waals surface area contributed by atoms with Crippen LogP contribution < -0.4 is 10.2 Å². The molecule has 3 rings (SSSR count). The van der Waals surface area contributed by atoms with Gasteiger partial charge in [0, 0.05) is 24.8 Å². The Bertz CT molecular complexity index is 869. The van der Waals surface area contributed by atoms with Crippen molar-refractivity contribution in [3.63, 3.8) is 0 Å². The summed E-state index contributed by atoms with van der Waals surface area (Å²) in [7, 11) is 0. The fraction of sp³-hybridized carbons (Fsp3) is 0.368. The third kappa shape index (κ3) is 3.05. The van der Waals surface area contributed by atoms with Crippen LogP contribution in [0.5, 0.6) is 0 Å². The summed E-state index contributed by atoms with van der Waals surface area (Å²) in [6.07, 6.45) is 2.33. The van der Waals surface area contributed by atoms with Crippen LogP contribution in [0.2, 0.25) is 0 Å². The maximum Gasteiger partial charge on any atom is 0.223 e. The predicted molar refractivity (Wildman–Crippen MR) is 97.0 cm³/mol. The third-order valence-corrected chi connectivity index (χ3v) is 4.58. The lowest BCUT2D eigenvalue weighted by Crippen LogP contribution is -2.25. The zero-order valence-corrected chi connectivity index (χ0v) is 14.8. The molecule has 128 valence electrons. The van der Waals surface area contributed by atoms with Crippen LogP contribution in [-0.2, 0) is 24.1 Å². The second kappa shape index (κ2) is 6.89. The molecule has 1 aliphatic rings. The molecule has 1 N–H and O–H groups in total. The van der Waals surface area contributed by atoms with Gasteiger partial charge in [0.15, 0.2) is 5.82 Å². The molecule has 6 nitrogen and oxygen atoms in total. The number of fused-ring (bicyclic) bond motifs is 1. The summed E-state index contributed by atoms with van der Waals surface area (Å²) in [5.74, 6) is 0.540. The molecular formula is C19H21N5O. The number of aromatic nitrogens is 2. The van der Waals surface area contributed by atoms with Crippen LogP contribution >= 0.6 is 0 Å².